The van der Waals surface area contributed by atoms with Crippen LogP contribution in [0.1, 0.15) is 20.8 Å². The van der Waals surface area contributed by atoms with E-state index in [1.54, 1.807) is 24.3 Å². The van der Waals surface area contributed by atoms with Gasteiger partial charge in [-0.1, -0.05) is 18.2 Å². The van der Waals surface area contributed by atoms with E-state index in [9.17, 15) is 9.59 Å². The molecule has 1 heterocycles. The number of hydrogen-bond acceptors (Lipinski definition) is 3. The quantitative estimate of drug-likeness (QED) is 0.553. The summed E-state index contributed by atoms with van der Waals surface area (Å²) in [4.78, 5) is 24.6. The first-order chi connectivity index (χ1) is 8.15. The Kier molecular flexibility index (Phi) is 2.66. The molecule has 0 atom stereocenters. The fourth-order valence-electron chi connectivity index (χ4n) is 1.72. The molecule has 0 radical (unpaired) electrons. The van der Waals surface area contributed by atoms with Gasteiger partial charge in [0.1, 0.15) is 0 Å². The topological polar surface area (TPSA) is 96.2 Å². The molecule has 0 amide bonds. The van der Waals surface area contributed by atoms with E-state index in [1.165, 1.54) is 6.20 Å². The van der Waals surface area contributed by atoms with E-state index in [0.717, 1.165) is 0 Å². The summed E-state index contributed by atoms with van der Waals surface area (Å²) in [7, 11) is 0. The van der Waals surface area contributed by atoms with Crippen LogP contribution in [0, 0.1) is 0 Å². The smallest absolute Gasteiger partial charge is 0.337 e. The van der Waals surface area contributed by atoms with Gasteiger partial charge in [-0.25, -0.2) is 4.79 Å². The number of nitrogen functional groups attached to an aromatic ring is 1. The molecule has 0 bridgehead atoms. The lowest BCUT2D eigenvalue weighted by atomic mass is 10.0. The summed E-state index contributed by atoms with van der Waals surface area (Å²) in [6.07, 6.45) is 1.86. The van der Waals surface area contributed by atoms with Crippen molar-refractivity contribution in [2.75, 3.05) is 5.73 Å². The van der Waals surface area contributed by atoms with Crippen LogP contribution in [-0.4, -0.2) is 22.3 Å². The summed E-state index contributed by atoms with van der Waals surface area (Å²) < 4.78 is 0. The summed E-state index contributed by atoms with van der Waals surface area (Å²) in [6.45, 7) is 0. The van der Waals surface area contributed by atoms with Crippen LogP contribution < -0.4 is 5.73 Å². The molecule has 0 spiro atoms. The van der Waals surface area contributed by atoms with Crippen LogP contribution in [0.25, 0.3) is 11.1 Å². The van der Waals surface area contributed by atoms with Gasteiger partial charge in [0.2, 0.25) is 0 Å². The monoisotopic (exact) mass is 230 g/mol. The van der Waals surface area contributed by atoms with Gasteiger partial charge in [0, 0.05) is 23.0 Å². The van der Waals surface area contributed by atoms with Gasteiger partial charge < -0.3 is 15.8 Å². The number of aromatic nitrogens is 1. The van der Waals surface area contributed by atoms with Crippen LogP contribution in [0.3, 0.4) is 0 Å². The second kappa shape index (κ2) is 4.13. The molecule has 0 aliphatic carbocycles. The SMILES string of the molecule is Nc1ccccc1-c1c(C(=O)O)c[nH]c1C=O. The summed E-state index contributed by atoms with van der Waals surface area (Å²) in [6, 6.07) is 6.81. The number of nitrogens with one attached hydrogen (secondary N) is 1. The van der Waals surface area contributed by atoms with Crippen molar-refractivity contribution >= 4 is 17.9 Å². The Morgan fingerprint density at radius 2 is 2.06 bits per heavy atom. The maximum atomic E-state index is 11.1. The third-order valence-electron chi connectivity index (χ3n) is 2.49. The number of para-hydroxylation sites is 1. The number of nitrogens with two attached hydrogens (primary N) is 1. The van der Waals surface area contributed by atoms with E-state index in [4.69, 9.17) is 10.8 Å². The van der Waals surface area contributed by atoms with Crippen LogP contribution in [0.15, 0.2) is 30.5 Å². The highest BCUT2D eigenvalue weighted by molar-refractivity contribution is 6.03. The van der Waals surface area contributed by atoms with Crippen molar-refractivity contribution in [3.05, 3.63) is 41.7 Å². The minimum Gasteiger partial charge on any atom is -0.478 e. The van der Waals surface area contributed by atoms with Crippen molar-refractivity contribution in [3.63, 3.8) is 0 Å². The number of H-pyrrole nitrogens is 1. The van der Waals surface area contributed by atoms with E-state index in [0.29, 0.717) is 23.1 Å². The lowest BCUT2D eigenvalue weighted by molar-refractivity contribution is 0.0698. The third kappa shape index (κ3) is 1.78. The summed E-state index contributed by atoms with van der Waals surface area (Å²) in [5, 5.41) is 9.05. The molecule has 0 saturated heterocycles. The second-order valence-electron chi connectivity index (χ2n) is 3.50. The molecule has 0 fully saturated rings. The average Bonchev–Trinajstić information content (AvgIpc) is 2.73. The number of rotatable bonds is 3. The largest absolute Gasteiger partial charge is 0.478 e. The summed E-state index contributed by atoms with van der Waals surface area (Å²) in [5.41, 5.74) is 7.31. The van der Waals surface area contributed by atoms with Crippen LogP contribution in [0.5, 0.6) is 0 Å². The zero-order valence-corrected chi connectivity index (χ0v) is 8.81. The Balaban J connectivity index is 2.73. The number of carbonyl (C=O) groups excluding carboxylic acids is 1. The van der Waals surface area contributed by atoms with E-state index in [-0.39, 0.29) is 11.3 Å². The van der Waals surface area contributed by atoms with Gasteiger partial charge in [0.25, 0.3) is 0 Å². The van der Waals surface area contributed by atoms with Crippen LogP contribution in [0.4, 0.5) is 5.69 Å². The van der Waals surface area contributed by atoms with Gasteiger partial charge in [-0.3, -0.25) is 4.79 Å². The highest BCUT2D eigenvalue weighted by Gasteiger charge is 2.19. The number of carboxylic acid groups (broad SMARTS) is 1. The molecule has 5 nitrogen and oxygen atoms in total. The molecule has 0 aliphatic heterocycles. The molecular formula is C12H10N2O3. The average molecular weight is 230 g/mol. The fourth-order valence-corrected chi connectivity index (χ4v) is 1.72. The number of hydrogen-bond donors (Lipinski definition) is 3. The number of benzene rings is 1. The second-order valence-corrected chi connectivity index (χ2v) is 3.50. The Labute approximate surface area is 96.9 Å². The predicted molar refractivity (Wildman–Crippen MR) is 63.0 cm³/mol. The molecule has 1 aromatic heterocycles. The molecule has 4 N–H and O–H groups in total. The molecule has 17 heavy (non-hydrogen) atoms. The van der Waals surface area contributed by atoms with Crippen LogP contribution in [-0.2, 0) is 0 Å². The number of aromatic amines is 1. The van der Waals surface area contributed by atoms with Crippen molar-refractivity contribution in [2.45, 2.75) is 0 Å². The first-order valence-corrected chi connectivity index (χ1v) is 4.90. The standard InChI is InChI=1S/C12H10N2O3/c13-9-4-2-1-3-7(9)11-8(12(16)17)5-14-10(11)6-15/h1-6,14H,13H2,(H,16,17). The van der Waals surface area contributed by atoms with E-state index < -0.39 is 5.97 Å². The minimum atomic E-state index is -1.10. The minimum absolute atomic E-state index is 0.0324. The van der Waals surface area contributed by atoms with Crippen LogP contribution >= 0.6 is 0 Å². The lowest BCUT2D eigenvalue weighted by Crippen LogP contribution is -1.99. The predicted octanol–water partition coefficient (Wildman–Crippen LogP) is 1.77. The number of aldehydes is 1. The molecule has 86 valence electrons. The first-order valence-electron chi connectivity index (χ1n) is 4.90. The molecular weight excluding hydrogens is 220 g/mol. The Hall–Kier alpha value is -2.56. The third-order valence-corrected chi connectivity index (χ3v) is 2.49. The van der Waals surface area contributed by atoms with Crippen LogP contribution in [0.2, 0.25) is 0 Å². The molecule has 2 rings (SSSR count). The molecule has 0 saturated carbocycles. The Morgan fingerprint density at radius 1 is 1.35 bits per heavy atom. The summed E-state index contributed by atoms with van der Waals surface area (Å²) >= 11 is 0. The number of aromatic carboxylic acids is 1. The van der Waals surface area contributed by atoms with Gasteiger partial charge in [-0.15, -0.1) is 0 Å². The van der Waals surface area contributed by atoms with Crippen molar-refractivity contribution in [2.24, 2.45) is 0 Å². The maximum Gasteiger partial charge on any atom is 0.337 e. The molecule has 5 heteroatoms. The first kappa shape index (κ1) is 10.9. The van der Waals surface area contributed by atoms with E-state index in [2.05, 4.69) is 4.98 Å². The van der Waals surface area contributed by atoms with Gasteiger partial charge in [0.15, 0.2) is 6.29 Å². The van der Waals surface area contributed by atoms with Crippen molar-refractivity contribution in [1.29, 1.82) is 0 Å². The number of carbonyl (C=O) groups is 2. The van der Waals surface area contributed by atoms with Gasteiger partial charge >= 0.3 is 5.97 Å². The zero-order chi connectivity index (χ0) is 12.4. The van der Waals surface area contributed by atoms with Gasteiger partial charge in [-0.05, 0) is 6.07 Å². The Morgan fingerprint density at radius 3 is 2.65 bits per heavy atom. The normalized spacial score (nSPS) is 10.1. The van der Waals surface area contributed by atoms with Crippen molar-refractivity contribution in [3.8, 4) is 11.1 Å². The molecule has 1 aromatic carbocycles. The number of carboxylic acids is 1. The van der Waals surface area contributed by atoms with Crippen molar-refractivity contribution < 1.29 is 14.7 Å². The summed E-state index contributed by atoms with van der Waals surface area (Å²) in [5.74, 6) is -1.10. The highest BCUT2D eigenvalue weighted by atomic mass is 16.4. The van der Waals surface area contributed by atoms with Gasteiger partial charge in [-0.2, -0.15) is 0 Å². The van der Waals surface area contributed by atoms with E-state index in [1.807, 2.05) is 0 Å². The van der Waals surface area contributed by atoms with Gasteiger partial charge in [0.05, 0.1) is 11.3 Å². The lowest BCUT2D eigenvalue weighted by Gasteiger charge is -2.05. The Bertz CT molecular complexity index is 587. The zero-order valence-electron chi connectivity index (χ0n) is 8.81. The molecule has 2 aromatic rings. The molecule has 0 aliphatic rings. The number of anilines is 1. The maximum absolute atomic E-state index is 11.1. The fraction of sp³-hybridized carbons (Fsp3) is 0. The molecule has 0 unspecified atom stereocenters. The van der Waals surface area contributed by atoms with Crippen molar-refractivity contribution in [1.82, 2.24) is 4.98 Å². The highest BCUT2D eigenvalue weighted by Crippen LogP contribution is 2.31. The van der Waals surface area contributed by atoms with E-state index >= 15 is 0 Å².